The first-order chi connectivity index (χ1) is 6.72. The summed E-state index contributed by atoms with van der Waals surface area (Å²) in [7, 11) is 0. The minimum Gasteiger partial charge on any atom is -0.481 e. The smallest absolute Gasteiger partial charge is 0.307 e. The van der Waals surface area contributed by atoms with Crippen LogP contribution in [-0.2, 0) is 4.79 Å². The Labute approximate surface area is 81.6 Å². The van der Waals surface area contributed by atoms with Gasteiger partial charge in [-0.1, -0.05) is 12.1 Å². The van der Waals surface area contributed by atoms with Gasteiger partial charge in [0.05, 0.1) is 17.6 Å². The lowest BCUT2D eigenvalue weighted by Gasteiger charge is -1.97. The molecule has 2 rings (SSSR count). The van der Waals surface area contributed by atoms with E-state index >= 15 is 0 Å². The summed E-state index contributed by atoms with van der Waals surface area (Å²) in [5, 5.41) is 17.4. The summed E-state index contributed by atoms with van der Waals surface area (Å²) in [5.41, 5.74) is 1.56. The third-order valence-electron chi connectivity index (χ3n) is 2.55. The Balaban J connectivity index is 2.20. The van der Waals surface area contributed by atoms with Crippen molar-refractivity contribution in [3.8, 4) is 6.07 Å². The number of nitrogens with zero attached hydrogens (tertiary/aromatic N) is 1. The van der Waals surface area contributed by atoms with Crippen molar-refractivity contribution in [3.05, 3.63) is 35.4 Å². The molecule has 0 unspecified atom stereocenters. The molecule has 0 aromatic heterocycles. The summed E-state index contributed by atoms with van der Waals surface area (Å²) in [6, 6.07) is 9.22. The van der Waals surface area contributed by atoms with Gasteiger partial charge in [0.2, 0.25) is 0 Å². The molecule has 3 heteroatoms. The second-order valence-corrected chi connectivity index (χ2v) is 3.52. The van der Waals surface area contributed by atoms with Gasteiger partial charge in [-0.2, -0.15) is 5.26 Å². The van der Waals surface area contributed by atoms with Gasteiger partial charge in [0, 0.05) is 0 Å². The first-order valence-electron chi connectivity index (χ1n) is 4.45. The van der Waals surface area contributed by atoms with E-state index in [4.69, 9.17) is 10.4 Å². The van der Waals surface area contributed by atoms with Crippen molar-refractivity contribution in [1.82, 2.24) is 0 Å². The summed E-state index contributed by atoms with van der Waals surface area (Å²) < 4.78 is 0. The Kier molecular flexibility index (Phi) is 1.97. The molecule has 1 aromatic rings. The second kappa shape index (κ2) is 3.15. The fraction of sp³-hybridized carbons (Fsp3) is 0.273. The molecule has 0 heterocycles. The predicted octanol–water partition coefficient (Wildman–Crippen LogP) is 1.75. The van der Waals surface area contributed by atoms with E-state index < -0.39 is 5.97 Å². The average molecular weight is 187 g/mol. The van der Waals surface area contributed by atoms with E-state index in [1.54, 1.807) is 18.2 Å². The van der Waals surface area contributed by atoms with Gasteiger partial charge in [0.1, 0.15) is 0 Å². The van der Waals surface area contributed by atoms with Crippen LogP contribution in [0.1, 0.15) is 23.5 Å². The maximum atomic E-state index is 10.6. The van der Waals surface area contributed by atoms with E-state index in [2.05, 4.69) is 0 Å². The van der Waals surface area contributed by atoms with Crippen molar-refractivity contribution in [2.45, 2.75) is 12.3 Å². The van der Waals surface area contributed by atoms with Crippen LogP contribution in [0.2, 0.25) is 0 Å². The highest BCUT2D eigenvalue weighted by atomic mass is 16.4. The van der Waals surface area contributed by atoms with Crippen LogP contribution < -0.4 is 0 Å². The quantitative estimate of drug-likeness (QED) is 0.767. The third kappa shape index (κ3) is 1.47. The van der Waals surface area contributed by atoms with E-state index in [0.29, 0.717) is 12.0 Å². The predicted molar refractivity (Wildman–Crippen MR) is 49.6 cm³/mol. The van der Waals surface area contributed by atoms with Crippen molar-refractivity contribution in [3.63, 3.8) is 0 Å². The molecule has 0 saturated heterocycles. The maximum Gasteiger partial charge on any atom is 0.307 e. The van der Waals surface area contributed by atoms with Gasteiger partial charge in [0.15, 0.2) is 0 Å². The van der Waals surface area contributed by atoms with Crippen LogP contribution in [-0.4, -0.2) is 11.1 Å². The van der Waals surface area contributed by atoms with Gasteiger partial charge < -0.3 is 5.11 Å². The molecule has 70 valence electrons. The Morgan fingerprint density at radius 3 is 2.93 bits per heavy atom. The molecule has 1 fully saturated rings. The molecule has 1 aromatic carbocycles. The van der Waals surface area contributed by atoms with Crippen LogP contribution >= 0.6 is 0 Å². The van der Waals surface area contributed by atoms with Crippen molar-refractivity contribution < 1.29 is 9.90 Å². The standard InChI is InChI=1S/C11H9NO2/c12-6-7-2-1-3-8(4-7)9-5-10(9)11(13)14/h1-4,9-10H,5H2,(H,13,14)/t9-,10+/m1/s1. The molecule has 0 bridgehead atoms. The number of rotatable bonds is 2. The van der Waals surface area contributed by atoms with Crippen LogP contribution in [0.15, 0.2) is 24.3 Å². The number of aliphatic carboxylic acids is 1. The molecule has 2 atom stereocenters. The fourth-order valence-electron chi connectivity index (χ4n) is 1.68. The number of hydrogen-bond acceptors (Lipinski definition) is 2. The lowest BCUT2D eigenvalue weighted by atomic mass is 10.1. The molecular formula is C11H9NO2. The lowest BCUT2D eigenvalue weighted by Crippen LogP contribution is -1.98. The third-order valence-corrected chi connectivity index (χ3v) is 2.55. The molecule has 0 spiro atoms. The molecule has 0 radical (unpaired) electrons. The number of nitriles is 1. The minimum absolute atomic E-state index is 0.112. The maximum absolute atomic E-state index is 10.6. The van der Waals surface area contributed by atoms with Crippen molar-refractivity contribution in [2.24, 2.45) is 5.92 Å². The Hall–Kier alpha value is -1.82. The second-order valence-electron chi connectivity index (χ2n) is 3.52. The number of carboxylic acids is 1. The highest BCUT2D eigenvalue weighted by Crippen LogP contribution is 2.47. The van der Waals surface area contributed by atoms with Crippen molar-refractivity contribution in [2.75, 3.05) is 0 Å². The van der Waals surface area contributed by atoms with E-state index in [1.807, 2.05) is 12.1 Å². The zero-order valence-corrected chi connectivity index (χ0v) is 7.47. The summed E-state index contributed by atoms with van der Waals surface area (Å²) in [5.74, 6) is -0.873. The number of hydrogen-bond donors (Lipinski definition) is 1. The number of carboxylic acid groups (broad SMARTS) is 1. The zero-order chi connectivity index (χ0) is 10.1. The number of carbonyl (C=O) groups is 1. The normalized spacial score (nSPS) is 23.9. The van der Waals surface area contributed by atoms with Crippen LogP contribution in [0.5, 0.6) is 0 Å². The number of benzene rings is 1. The van der Waals surface area contributed by atoms with E-state index in [-0.39, 0.29) is 11.8 Å². The monoisotopic (exact) mass is 187 g/mol. The van der Waals surface area contributed by atoms with Crippen LogP contribution in [0.25, 0.3) is 0 Å². The summed E-state index contributed by atoms with van der Waals surface area (Å²) in [6.45, 7) is 0. The first-order valence-corrected chi connectivity index (χ1v) is 4.45. The van der Waals surface area contributed by atoms with Crippen molar-refractivity contribution in [1.29, 1.82) is 5.26 Å². The van der Waals surface area contributed by atoms with E-state index in [0.717, 1.165) is 5.56 Å². The summed E-state index contributed by atoms with van der Waals surface area (Å²) in [4.78, 5) is 10.6. The molecule has 0 amide bonds. The fourth-order valence-corrected chi connectivity index (χ4v) is 1.68. The van der Waals surface area contributed by atoms with Gasteiger partial charge in [-0.05, 0) is 30.0 Å². The van der Waals surface area contributed by atoms with Crippen LogP contribution in [0, 0.1) is 17.2 Å². The van der Waals surface area contributed by atoms with E-state index in [9.17, 15) is 4.79 Å². The van der Waals surface area contributed by atoms with Crippen LogP contribution in [0.3, 0.4) is 0 Å². The molecular weight excluding hydrogens is 178 g/mol. The van der Waals surface area contributed by atoms with Gasteiger partial charge >= 0.3 is 5.97 Å². The first kappa shape index (κ1) is 8.76. The highest BCUT2D eigenvalue weighted by molar-refractivity contribution is 5.75. The summed E-state index contributed by atoms with van der Waals surface area (Å²) >= 11 is 0. The van der Waals surface area contributed by atoms with Gasteiger partial charge in [-0.15, -0.1) is 0 Å². The van der Waals surface area contributed by atoms with Gasteiger partial charge in [-0.25, -0.2) is 0 Å². The molecule has 3 nitrogen and oxygen atoms in total. The average Bonchev–Trinajstić information content (AvgIpc) is 2.97. The zero-order valence-electron chi connectivity index (χ0n) is 7.47. The van der Waals surface area contributed by atoms with E-state index in [1.165, 1.54) is 0 Å². The topological polar surface area (TPSA) is 61.1 Å². The van der Waals surface area contributed by atoms with Gasteiger partial charge in [-0.3, -0.25) is 4.79 Å². The largest absolute Gasteiger partial charge is 0.481 e. The summed E-state index contributed by atoms with van der Waals surface area (Å²) in [6.07, 6.45) is 0.699. The minimum atomic E-state index is -0.739. The Morgan fingerprint density at radius 1 is 1.57 bits per heavy atom. The van der Waals surface area contributed by atoms with Crippen molar-refractivity contribution >= 4 is 5.97 Å². The molecule has 14 heavy (non-hydrogen) atoms. The molecule has 1 N–H and O–H groups in total. The Morgan fingerprint density at radius 2 is 2.36 bits per heavy atom. The van der Waals surface area contributed by atoms with Crippen LogP contribution in [0.4, 0.5) is 0 Å². The SMILES string of the molecule is N#Cc1cccc([C@H]2C[C@@H]2C(=O)O)c1. The highest BCUT2D eigenvalue weighted by Gasteiger charge is 2.44. The lowest BCUT2D eigenvalue weighted by molar-refractivity contribution is -0.138. The van der Waals surface area contributed by atoms with Gasteiger partial charge in [0.25, 0.3) is 0 Å². The Bertz CT molecular complexity index is 420. The molecule has 1 aliphatic rings. The molecule has 1 aliphatic carbocycles. The molecule has 0 aliphatic heterocycles. The molecule has 1 saturated carbocycles.